The van der Waals surface area contributed by atoms with Crippen LogP contribution in [0.3, 0.4) is 0 Å². The van der Waals surface area contributed by atoms with E-state index in [-0.39, 0.29) is 11.9 Å². The highest BCUT2D eigenvalue weighted by Gasteiger charge is 2.25. The number of nitrogens with one attached hydrogen (secondary N) is 1. The first-order valence-corrected chi connectivity index (χ1v) is 6.94. The Labute approximate surface area is 111 Å². The third-order valence-electron chi connectivity index (χ3n) is 3.58. The molecular weight excluding hydrogens is 278 g/mol. The number of amides is 1. The van der Waals surface area contributed by atoms with Gasteiger partial charge in [0.25, 0.3) is 5.91 Å². The Kier molecular flexibility index (Phi) is 3.87. The average Bonchev–Trinajstić information content (AvgIpc) is 2.13. The number of rotatable bonds is 3. The zero-order valence-corrected chi connectivity index (χ0v) is 11.9. The molecule has 1 aliphatic carbocycles. The number of carbonyl (C=O) groups excluding carboxylic acids is 1. The van der Waals surface area contributed by atoms with Gasteiger partial charge in [0.2, 0.25) is 0 Å². The van der Waals surface area contributed by atoms with E-state index in [9.17, 15) is 4.79 Å². The summed E-state index contributed by atoms with van der Waals surface area (Å²) in [5.74, 6) is 0.694. The summed E-state index contributed by atoms with van der Waals surface area (Å²) in [4.78, 5) is 12.1. The van der Waals surface area contributed by atoms with Crippen LogP contribution in [0.4, 0.5) is 0 Å². The Bertz CT molecular complexity index is 426. The zero-order valence-electron chi connectivity index (χ0n) is 10.3. The fourth-order valence-electron chi connectivity index (χ4n) is 2.15. The summed E-state index contributed by atoms with van der Waals surface area (Å²) in [5.41, 5.74) is 1.88. The van der Waals surface area contributed by atoms with E-state index in [1.54, 1.807) is 0 Å². The number of hydrogen-bond acceptors (Lipinski definition) is 1. The molecule has 2 rings (SSSR count). The van der Waals surface area contributed by atoms with Gasteiger partial charge in [-0.1, -0.05) is 12.5 Å². The topological polar surface area (TPSA) is 29.1 Å². The van der Waals surface area contributed by atoms with E-state index in [2.05, 4.69) is 28.2 Å². The van der Waals surface area contributed by atoms with E-state index in [0.29, 0.717) is 5.92 Å². The van der Waals surface area contributed by atoms with Gasteiger partial charge in [0.15, 0.2) is 0 Å². The second-order valence-electron chi connectivity index (χ2n) is 4.94. The predicted octanol–water partition coefficient (Wildman–Crippen LogP) is 3.68. The van der Waals surface area contributed by atoms with Crippen molar-refractivity contribution in [2.24, 2.45) is 5.92 Å². The molecule has 1 aliphatic rings. The number of aryl methyl sites for hydroxylation is 1. The summed E-state index contributed by atoms with van der Waals surface area (Å²) in [6.45, 7) is 4.12. The lowest BCUT2D eigenvalue weighted by Gasteiger charge is -2.31. The zero-order chi connectivity index (χ0) is 12.4. The molecule has 1 saturated carbocycles. The Morgan fingerprint density at radius 2 is 2.18 bits per heavy atom. The second-order valence-corrected chi connectivity index (χ2v) is 5.79. The average molecular weight is 296 g/mol. The van der Waals surface area contributed by atoms with Gasteiger partial charge in [-0.05, 0) is 66.2 Å². The molecule has 0 aliphatic heterocycles. The van der Waals surface area contributed by atoms with Gasteiger partial charge >= 0.3 is 0 Å². The molecule has 0 saturated heterocycles. The van der Waals surface area contributed by atoms with Crippen molar-refractivity contribution in [1.82, 2.24) is 5.32 Å². The largest absolute Gasteiger partial charge is 0.349 e. The SMILES string of the molecule is Cc1ccc(C(=O)NC(C)C2CCC2)c(Br)c1. The van der Waals surface area contributed by atoms with Crippen LogP contribution in [-0.4, -0.2) is 11.9 Å². The lowest BCUT2D eigenvalue weighted by Crippen LogP contribution is -2.40. The van der Waals surface area contributed by atoms with Crippen molar-refractivity contribution in [3.05, 3.63) is 33.8 Å². The molecule has 1 aromatic carbocycles. The van der Waals surface area contributed by atoms with Crippen LogP contribution in [0.5, 0.6) is 0 Å². The fraction of sp³-hybridized carbons (Fsp3) is 0.500. The maximum absolute atomic E-state index is 12.1. The minimum absolute atomic E-state index is 0.0243. The summed E-state index contributed by atoms with van der Waals surface area (Å²) < 4.78 is 0.871. The lowest BCUT2D eigenvalue weighted by atomic mass is 9.80. The standard InChI is InChI=1S/C14H18BrNO/c1-9-6-7-12(13(15)8-9)14(17)16-10(2)11-4-3-5-11/h6-8,10-11H,3-5H2,1-2H3,(H,16,17). The Hall–Kier alpha value is -0.830. The quantitative estimate of drug-likeness (QED) is 0.906. The third kappa shape index (κ3) is 2.89. The molecule has 1 N–H and O–H groups in total. The normalized spacial score (nSPS) is 17.4. The second kappa shape index (κ2) is 5.21. The van der Waals surface area contributed by atoms with Crippen LogP contribution in [0.25, 0.3) is 0 Å². The summed E-state index contributed by atoms with van der Waals surface area (Å²) in [7, 11) is 0. The minimum Gasteiger partial charge on any atom is -0.349 e. The van der Waals surface area contributed by atoms with Crippen molar-refractivity contribution in [3.63, 3.8) is 0 Å². The highest BCUT2D eigenvalue weighted by molar-refractivity contribution is 9.10. The first-order valence-electron chi connectivity index (χ1n) is 6.15. The summed E-state index contributed by atoms with van der Waals surface area (Å²) in [6, 6.07) is 6.10. The van der Waals surface area contributed by atoms with Crippen LogP contribution in [0.15, 0.2) is 22.7 Å². The van der Waals surface area contributed by atoms with Crippen molar-refractivity contribution >= 4 is 21.8 Å². The first kappa shape index (κ1) is 12.6. The molecule has 1 aromatic rings. The lowest BCUT2D eigenvalue weighted by molar-refractivity contribution is 0.0908. The maximum atomic E-state index is 12.1. The van der Waals surface area contributed by atoms with Gasteiger partial charge in [0, 0.05) is 10.5 Å². The number of carbonyl (C=O) groups is 1. The smallest absolute Gasteiger partial charge is 0.252 e. The molecule has 1 atom stereocenters. The van der Waals surface area contributed by atoms with Crippen molar-refractivity contribution in [2.45, 2.75) is 39.2 Å². The molecule has 0 bridgehead atoms. The van der Waals surface area contributed by atoms with Crippen molar-refractivity contribution in [1.29, 1.82) is 0 Å². The minimum atomic E-state index is 0.0243. The fourth-order valence-corrected chi connectivity index (χ4v) is 2.82. The van der Waals surface area contributed by atoms with Gasteiger partial charge in [-0.15, -0.1) is 0 Å². The molecule has 0 spiro atoms. The Balaban J connectivity index is 2.03. The van der Waals surface area contributed by atoms with E-state index in [0.717, 1.165) is 15.6 Å². The molecule has 0 radical (unpaired) electrons. The molecule has 0 aromatic heterocycles. The van der Waals surface area contributed by atoms with Crippen LogP contribution in [-0.2, 0) is 0 Å². The van der Waals surface area contributed by atoms with Gasteiger partial charge in [-0.2, -0.15) is 0 Å². The number of benzene rings is 1. The molecule has 17 heavy (non-hydrogen) atoms. The Morgan fingerprint density at radius 1 is 1.47 bits per heavy atom. The van der Waals surface area contributed by atoms with Crippen LogP contribution in [0.1, 0.15) is 42.1 Å². The number of halogens is 1. The summed E-state index contributed by atoms with van der Waals surface area (Å²) >= 11 is 3.44. The van der Waals surface area contributed by atoms with Crippen LogP contribution in [0.2, 0.25) is 0 Å². The van der Waals surface area contributed by atoms with Gasteiger partial charge < -0.3 is 5.32 Å². The van der Waals surface area contributed by atoms with Crippen LogP contribution < -0.4 is 5.32 Å². The highest BCUT2D eigenvalue weighted by atomic mass is 79.9. The van der Waals surface area contributed by atoms with E-state index in [1.807, 2.05) is 25.1 Å². The van der Waals surface area contributed by atoms with E-state index in [4.69, 9.17) is 0 Å². The van der Waals surface area contributed by atoms with Crippen LogP contribution >= 0.6 is 15.9 Å². The van der Waals surface area contributed by atoms with E-state index in [1.165, 1.54) is 19.3 Å². The Morgan fingerprint density at radius 3 is 2.71 bits per heavy atom. The molecular formula is C14H18BrNO. The molecule has 1 unspecified atom stereocenters. The van der Waals surface area contributed by atoms with Gasteiger partial charge in [-0.3, -0.25) is 4.79 Å². The van der Waals surface area contributed by atoms with Gasteiger partial charge in [0.1, 0.15) is 0 Å². The van der Waals surface area contributed by atoms with Gasteiger partial charge in [-0.25, -0.2) is 0 Å². The molecule has 92 valence electrons. The summed E-state index contributed by atoms with van der Waals surface area (Å²) in [6.07, 6.45) is 3.80. The number of hydrogen-bond donors (Lipinski definition) is 1. The third-order valence-corrected chi connectivity index (χ3v) is 4.24. The monoisotopic (exact) mass is 295 g/mol. The van der Waals surface area contributed by atoms with Gasteiger partial charge in [0.05, 0.1) is 5.56 Å². The van der Waals surface area contributed by atoms with E-state index >= 15 is 0 Å². The maximum Gasteiger partial charge on any atom is 0.252 e. The van der Waals surface area contributed by atoms with Crippen LogP contribution in [0, 0.1) is 12.8 Å². The molecule has 3 heteroatoms. The molecule has 1 fully saturated rings. The van der Waals surface area contributed by atoms with E-state index < -0.39 is 0 Å². The van der Waals surface area contributed by atoms with Crippen molar-refractivity contribution < 1.29 is 4.79 Å². The molecule has 2 nitrogen and oxygen atoms in total. The summed E-state index contributed by atoms with van der Waals surface area (Å²) in [5, 5.41) is 3.09. The highest BCUT2D eigenvalue weighted by Crippen LogP contribution is 2.29. The first-order chi connectivity index (χ1) is 8.08. The predicted molar refractivity (Wildman–Crippen MR) is 73.1 cm³/mol. The van der Waals surface area contributed by atoms with Crippen molar-refractivity contribution in [3.8, 4) is 0 Å². The molecule has 1 amide bonds. The molecule has 0 heterocycles. The van der Waals surface area contributed by atoms with Crippen molar-refractivity contribution in [2.75, 3.05) is 0 Å².